The van der Waals surface area contributed by atoms with E-state index in [0.717, 1.165) is 32.2 Å². The monoisotopic (exact) mass is 271 g/mol. The molecule has 1 fully saturated rings. The van der Waals surface area contributed by atoms with Gasteiger partial charge in [0.2, 0.25) is 6.04 Å². The van der Waals surface area contributed by atoms with Crippen LogP contribution in [0.5, 0.6) is 0 Å². The van der Waals surface area contributed by atoms with Crippen molar-refractivity contribution in [2.24, 2.45) is 0 Å². The number of hydrogen-bond acceptors (Lipinski definition) is 5. The Balaban J connectivity index is 2.86. The van der Waals surface area contributed by atoms with Gasteiger partial charge in [0, 0.05) is 6.04 Å². The number of carbonyl (C=O) groups excluding carboxylic acids is 2. The first-order chi connectivity index (χ1) is 9.15. The average molecular weight is 271 g/mol. The second-order valence-electron chi connectivity index (χ2n) is 4.70. The summed E-state index contributed by atoms with van der Waals surface area (Å²) in [5, 5.41) is 0. The zero-order chi connectivity index (χ0) is 14.3. The Bertz CT molecular complexity index is 288. The van der Waals surface area contributed by atoms with Crippen LogP contribution < -0.4 is 0 Å². The van der Waals surface area contributed by atoms with Crippen molar-refractivity contribution >= 4 is 11.9 Å². The Labute approximate surface area is 115 Å². The number of hydrogen-bond donors (Lipinski definition) is 0. The van der Waals surface area contributed by atoms with Gasteiger partial charge in [-0.25, -0.2) is 9.59 Å². The smallest absolute Gasteiger partial charge is 0.335 e. The van der Waals surface area contributed by atoms with Gasteiger partial charge in [0.15, 0.2) is 0 Å². The molecule has 0 aromatic rings. The highest BCUT2D eigenvalue weighted by Crippen LogP contribution is 2.23. The quantitative estimate of drug-likeness (QED) is 0.544. The Morgan fingerprint density at radius 3 is 2.16 bits per heavy atom. The SMILES string of the molecule is CCOC(=O)C(C(=O)OCC)N1CCCCC1CC. The number of piperidine rings is 1. The first kappa shape index (κ1) is 16.0. The van der Waals surface area contributed by atoms with Crippen LogP contribution in [0.25, 0.3) is 0 Å². The molecule has 0 aromatic heterocycles. The number of rotatable bonds is 6. The highest BCUT2D eigenvalue weighted by atomic mass is 16.6. The molecule has 0 radical (unpaired) electrons. The zero-order valence-electron chi connectivity index (χ0n) is 12.2. The van der Waals surface area contributed by atoms with Gasteiger partial charge in [-0.2, -0.15) is 0 Å². The van der Waals surface area contributed by atoms with E-state index in [1.807, 2.05) is 4.90 Å². The van der Waals surface area contributed by atoms with Gasteiger partial charge in [0.1, 0.15) is 0 Å². The van der Waals surface area contributed by atoms with Crippen molar-refractivity contribution in [2.75, 3.05) is 19.8 Å². The maximum absolute atomic E-state index is 12.1. The van der Waals surface area contributed by atoms with Gasteiger partial charge in [-0.3, -0.25) is 4.90 Å². The number of ether oxygens (including phenoxy) is 2. The molecule has 0 aliphatic carbocycles. The second-order valence-corrected chi connectivity index (χ2v) is 4.70. The lowest BCUT2D eigenvalue weighted by atomic mass is 9.97. The van der Waals surface area contributed by atoms with E-state index in [1.165, 1.54) is 0 Å². The molecule has 1 heterocycles. The molecule has 19 heavy (non-hydrogen) atoms. The van der Waals surface area contributed by atoms with Gasteiger partial charge in [-0.05, 0) is 39.7 Å². The minimum absolute atomic E-state index is 0.257. The minimum Gasteiger partial charge on any atom is -0.464 e. The lowest BCUT2D eigenvalue weighted by Crippen LogP contribution is -2.54. The summed E-state index contributed by atoms with van der Waals surface area (Å²) in [6, 6.07) is -0.641. The fourth-order valence-corrected chi connectivity index (χ4v) is 2.61. The van der Waals surface area contributed by atoms with Crippen LogP contribution in [-0.4, -0.2) is 48.7 Å². The predicted octanol–water partition coefficient (Wildman–Crippen LogP) is 1.75. The van der Waals surface area contributed by atoms with Crippen LogP contribution in [0.3, 0.4) is 0 Å². The van der Waals surface area contributed by atoms with Crippen LogP contribution in [0.1, 0.15) is 46.5 Å². The van der Waals surface area contributed by atoms with Gasteiger partial charge in [0.25, 0.3) is 0 Å². The summed E-state index contributed by atoms with van der Waals surface area (Å²) >= 11 is 0. The third-order valence-corrected chi connectivity index (χ3v) is 3.50. The molecule has 1 atom stereocenters. The van der Waals surface area contributed by atoms with E-state index >= 15 is 0 Å². The highest BCUT2D eigenvalue weighted by molar-refractivity contribution is 5.99. The lowest BCUT2D eigenvalue weighted by molar-refractivity contribution is -0.166. The van der Waals surface area contributed by atoms with E-state index in [-0.39, 0.29) is 19.3 Å². The predicted molar refractivity (Wildman–Crippen MR) is 71.7 cm³/mol. The molecular weight excluding hydrogens is 246 g/mol. The summed E-state index contributed by atoms with van der Waals surface area (Å²) in [5.74, 6) is -0.970. The van der Waals surface area contributed by atoms with E-state index in [9.17, 15) is 9.59 Å². The third-order valence-electron chi connectivity index (χ3n) is 3.50. The van der Waals surface area contributed by atoms with Crippen molar-refractivity contribution in [1.82, 2.24) is 4.90 Å². The molecule has 0 spiro atoms. The van der Waals surface area contributed by atoms with E-state index in [1.54, 1.807) is 13.8 Å². The summed E-state index contributed by atoms with van der Waals surface area (Å²) in [6.45, 7) is 6.87. The topological polar surface area (TPSA) is 55.8 Å². The van der Waals surface area contributed by atoms with Gasteiger partial charge in [-0.1, -0.05) is 13.3 Å². The van der Waals surface area contributed by atoms with E-state index in [4.69, 9.17) is 9.47 Å². The highest BCUT2D eigenvalue weighted by Gasteiger charge is 2.39. The molecule has 0 bridgehead atoms. The fraction of sp³-hybridized carbons (Fsp3) is 0.857. The zero-order valence-corrected chi connectivity index (χ0v) is 12.2. The molecule has 1 unspecified atom stereocenters. The lowest BCUT2D eigenvalue weighted by Gasteiger charge is -2.38. The molecule has 1 aliphatic rings. The molecule has 1 aliphatic heterocycles. The fourth-order valence-electron chi connectivity index (χ4n) is 2.61. The molecule has 1 saturated heterocycles. The molecule has 5 heteroatoms. The van der Waals surface area contributed by atoms with Crippen LogP contribution in [0, 0.1) is 0 Å². The summed E-state index contributed by atoms with van der Waals surface area (Å²) in [5.41, 5.74) is 0. The van der Waals surface area contributed by atoms with Crippen LogP contribution in [-0.2, 0) is 19.1 Å². The molecular formula is C14H25NO4. The Kier molecular flexibility index (Phi) is 6.84. The Morgan fingerprint density at radius 2 is 1.68 bits per heavy atom. The minimum atomic E-state index is -0.898. The van der Waals surface area contributed by atoms with Crippen molar-refractivity contribution in [3.63, 3.8) is 0 Å². The van der Waals surface area contributed by atoms with Gasteiger partial charge in [-0.15, -0.1) is 0 Å². The van der Waals surface area contributed by atoms with Gasteiger partial charge < -0.3 is 9.47 Å². The summed E-state index contributed by atoms with van der Waals surface area (Å²) < 4.78 is 10.1. The van der Waals surface area contributed by atoms with Gasteiger partial charge in [0.05, 0.1) is 13.2 Å². The molecule has 0 aromatic carbocycles. The van der Waals surface area contributed by atoms with Crippen molar-refractivity contribution < 1.29 is 19.1 Å². The normalized spacial score (nSPS) is 20.3. The van der Waals surface area contributed by atoms with Crippen molar-refractivity contribution in [3.8, 4) is 0 Å². The van der Waals surface area contributed by atoms with Crippen LogP contribution in [0.2, 0.25) is 0 Å². The van der Waals surface area contributed by atoms with Crippen LogP contribution in [0.4, 0.5) is 0 Å². The standard InChI is InChI=1S/C14H25NO4/c1-4-11-9-7-8-10-15(11)12(13(16)18-5-2)14(17)19-6-3/h11-12H,4-10H2,1-3H3. The first-order valence-corrected chi connectivity index (χ1v) is 7.24. The number of nitrogens with zero attached hydrogens (tertiary/aromatic N) is 1. The molecule has 0 amide bonds. The summed E-state index contributed by atoms with van der Waals surface area (Å²) in [7, 11) is 0. The first-order valence-electron chi connectivity index (χ1n) is 7.24. The van der Waals surface area contributed by atoms with Crippen molar-refractivity contribution in [2.45, 2.75) is 58.5 Å². The summed E-state index contributed by atoms with van der Waals surface area (Å²) in [6.07, 6.45) is 4.10. The molecule has 110 valence electrons. The van der Waals surface area contributed by atoms with Crippen molar-refractivity contribution in [1.29, 1.82) is 0 Å². The maximum atomic E-state index is 12.1. The molecule has 0 N–H and O–H groups in total. The van der Waals surface area contributed by atoms with E-state index in [2.05, 4.69) is 6.92 Å². The Morgan fingerprint density at radius 1 is 1.11 bits per heavy atom. The largest absolute Gasteiger partial charge is 0.464 e. The van der Waals surface area contributed by atoms with Crippen LogP contribution >= 0.6 is 0 Å². The van der Waals surface area contributed by atoms with Crippen LogP contribution in [0.15, 0.2) is 0 Å². The second kappa shape index (κ2) is 8.15. The number of esters is 2. The average Bonchev–Trinajstić information content (AvgIpc) is 2.40. The maximum Gasteiger partial charge on any atom is 0.335 e. The Hall–Kier alpha value is -1.10. The molecule has 5 nitrogen and oxygen atoms in total. The van der Waals surface area contributed by atoms with Crippen molar-refractivity contribution in [3.05, 3.63) is 0 Å². The van der Waals surface area contributed by atoms with E-state index < -0.39 is 18.0 Å². The number of carbonyl (C=O) groups is 2. The number of likely N-dealkylation sites (tertiary alicyclic amines) is 1. The van der Waals surface area contributed by atoms with E-state index in [0.29, 0.717) is 0 Å². The third kappa shape index (κ3) is 4.20. The summed E-state index contributed by atoms with van der Waals surface area (Å²) in [4.78, 5) is 26.1. The van der Waals surface area contributed by atoms with Gasteiger partial charge >= 0.3 is 11.9 Å². The molecule has 0 saturated carbocycles. The molecule has 1 rings (SSSR count).